The van der Waals surface area contributed by atoms with E-state index in [2.05, 4.69) is 59.0 Å². The summed E-state index contributed by atoms with van der Waals surface area (Å²) in [5.74, 6) is 0.0818. The monoisotopic (exact) mass is 531 g/mol. The Morgan fingerprint density at radius 2 is 1.79 bits per heavy atom. The topological polar surface area (TPSA) is 95.2 Å². The van der Waals surface area contributed by atoms with Gasteiger partial charge in [0.15, 0.2) is 11.5 Å². The van der Waals surface area contributed by atoms with Crippen molar-refractivity contribution in [2.45, 2.75) is 13.1 Å². The highest BCUT2D eigenvalue weighted by molar-refractivity contribution is 7.08. The largest absolute Gasteiger partial charge is 0.335 e. The van der Waals surface area contributed by atoms with Crippen molar-refractivity contribution >= 4 is 33.4 Å². The highest BCUT2D eigenvalue weighted by Crippen LogP contribution is 2.35. The molecule has 0 aliphatic rings. The van der Waals surface area contributed by atoms with E-state index in [1.807, 2.05) is 41.8 Å². The molecule has 7 nitrogen and oxygen atoms in total. The number of fused-ring (bicyclic) bond motifs is 2. The third-order valence-corrected chi connectivity index (χ3v) is 7.41. The van der Waals surface area contributed by atoms with Gasteiger partial charge in [-0.1, -0.05) is 30.3 Å². The van der Waals surface area contributed by atoms with Gasteiger partial charge < -0.3 is 10.3 Å². The number of rotatable bonds is 7. The van der Waals surface area contributed by atoms with Crippen molar-refractivity contribution in [2.24, 2.45) is 0 Å². The Morgan fingerprint density at radius 1 is 0.897 bits per heavy atom. The van der Waals surface area contributed by atoms with Crippen LogP contribution in [-0.4, -0.2) is 30.1 Å². The zero-order valence-corrected chi connectivity index (χ0v) is 21.5. The first-order valence-electron chi connectivity index (χ1n) is 12.5. The quantitative estimate of drug-likeness (QED) is 0.212. The van der Waals surface area contributed by atoms with E-state index in [0.29, 0.717) is 45.7 Å². The minimum Gasteiger partial charge on any atom is -0.335 e. The molecule has 3 N–H and O–H groups in total. The average molecular weight is 532 g/mol. The lowest BCUT2D eigenvalue weighted by Crippen LogP contribution is -2.12. The van der Waals surface area contributed by atoms with E-state index in [1.165, 1.54) is 5.56 Å². The van der Waals surface area contributed by atoms with Crippen LogP contribution >= 0.6 is 11.3 Å². The maximum absolute atomic E-state index is 16.1. The molecule has 0 radical (unpaired) electrons. The summed E-state index contributed by atoms with van der Waals surface area (Å²) >= 11 is 1.62. The van der Waals surface area contributed by atoms with Crippen LogP contribution in [0.5, 0.6) is 0 Å². The van der Waals surface area contributed by atoms with Crippen molar-refractivity contribution < 1.29 is 4.39 Å². The van der Waals surface area contributed by atoms with Crippen LogP contribution in [0.4, 0.5) is 4.39 Å². The standard InChI is InChI=1S/C30H22FN7S/c31-26-22(21-12-19(15-33-16-21)14-32-13-18-4-2-1-3-5-18)6-7-24-25(26)28(38-37-24)30-35-27-23(20-9-11-39-17-20)8-10-34-29(27)36-30/h1-12,15-17,32H,13-14H2,(H,37,38)(H,34,35,36). The number of nitrogens with zero attached hydrogens (tertiary/aromatic N) is 4. The lowest BCUT2D eigenvalue weighted by atomic mass is 10.0. The molecule has 0 saturated heterocycles. The molecular weight excluding hydrogens is 509 g/mol. The van der Waals surface area contributed by atoms with E-state index >= 15 is 4.39 Å². The summed E-state index contributed by atoms with van der Waals surface area (Å²) in [6.07, 6.45) is 5.21. The Kier molecular flexibility index (Phi) is 5.92. The molecule has 0 unspecified atom stereocenters. The number of halogens is 1. The van der Waals surface area contributed by atoms with Crippen molar-refractivity contribution in [3.8, 4) is 33.8 Å². The highest BCUT2D eigenvalue weighted by atomic mass is 32.1. The SMILES string of the molecule is Fc1c(-c2cncc(CNCc3ccccc3)c2)ccc2[nH]nc(-c3nc4nccc(-c5ccsc5)c4[nH]3)c12. The first-order chi connectivity index (χ1) is 19.2. The van der Waals surface area contributed by atoms with Crippen LogP contribution < -0.4 is 5.32 Å². The third kappa shape index (κ3) is 4.37. The number of aromatic amines is 2. The number of aromatic nitrogens is 6. The maximum Gasteiger partial charge on any atom is 0.178 e. The first kappa shape index (κ1) is 23.4. The summed E-state index contributed by atoms with van der Waals surface area (Å²) in [7, 11) is 0. The van der Waals surface area contributed by atoms with Crippen LogP contribution in [0.2, 0.25) is 0 Å². The second-order valence-electron chi connectivity index (χ2n) is 9.25. The molecule has 9 heteroatoms. The van der Waals surface area contributed by atoms with Gasteiger partial charge in [0.05, 0.1) is 16.4 Å². The fourth-order valence-corrected chi connectivity index (χ4v) is 5.48. The van der Waals surface area contributed by atoms with Crippen molar-refractivity contribution in [3.63, 3.8) is 0 Å². The molecule has 5 heterocycles. The summed E-state index contributed by atoms with van der Waals surface area (Å²) in [5.41, 5.74) is 7.74. The number of pyridine rings is 2. The van der Waals surface area contributed by atoms with Crippen molar-refractivity contribution in [3.05, 3.63) is 107 Å². The lowest BCUT2D eigenvalue weighted by molar-refractivity contribution is 0.643. The number of hydrogen-bond acceptors (Lipinski definition) is 6. The predicted octanol–water partition coefficient (Wildman–Crippen LogP) is 6.72. The van der Waals surface area contributed by atoms with E-state index < -0.39 is 0 Å². The summed E-state index contributed by atoms with van der Waals surface area (Å²) in [6, 6.07) is 19.8. The van der Waals surface area contributed by atoms with Crippen LogP contribution in [0.1, 0.15) is 11.1 Å². The fourth-order valence-electron chi connectivity index (χ4n) is 4.83. The zero-order valence-electron chi connectivity index (χ0n) is 20.6. The van der Waals surface area contributed by atoms with Gasteiger partial charge in [0.2, 0.25) is 0 Å². The van der Waals surface area contributed by atoms with Crippen LogP contribution in [0, 0.1) is 5.82 Å². The zero-order chi connectivity index (χ0) is 26.2. The lowest BCUT2D eigenvalue weighted by Gasteiger charge is -2.09. The smallest absolute Gasteiger partial charge is 0.178 e. The van der Waals surface area contributed by atoms with Crippen LogP contribution in [0.15, 0.2) is 90.0 Å². The van der Waals surface area contributed by atoms with Gasteiger partial charge in [0, 0.05) is 48.4 Å². The molecule has 7 rings (SSSR count). The number of imidazole rings is 1. The molecule has 0 atom stereocenters. The van der Waals surface area contributed by atoms with Crippen LogP contribution in [0.3, 0.4) is 0 Å². The molecule has 0 bridgehead atoms. The minimum absolute atomic E-state index is 0.372. The van der Waals surface area contributed by atoms with Gasteiger partial charge in [-0.2, -0.15) is 16.4 Å². The van der Waals surface area contributed by atoms with E-state index in [9.17, 15) is 0 Å². The third-order valence-electron chi connectivity index (χ3n) is 6.72. The normalized spacial score (nSPS) is 11.5. The van der Waals surface area contributed by atoms with E-state index in [1.54, 1.807) is 36.0 Å². The molecule has 190 valence electrons. The Balaban J connectivity index is 1.23. The number of H-pyrrole nitrogens is 2. The van der Waals surface area contributed by atoms with Gasteiger partial charge >= 0.3 is 0 Å². The van der Waals surface area contributed by atoms with Crippen molar-refractivity contribution in [2.75, 3.05) is 0 Å². The van der Waals surface area contributed by atoms with Crippen LogP contribution in [-0.2, 0) is 13.1 Å². The summed E-state index contributed by atoms with van der Waals surface area (Å²) in [4.78, 5) is 16.8. The maximum atomic E-state index is 16.1. The Bertz CT molecular complexity index is 1910. The molecule has 5 aromatic heterocycles. The second-order valence-corrected chi connectivity index (χ2v) is 10.0. The van der Waals surface area contributed by atoms with Gasteiger partial charge in [-0.3, -0.25) is 10.1 Å². The molecule has 0 aliphatic carbocycles. The Morgan fingerprint density at radius 3 is 2.67 bits per heavy atom. The van der Waals surface area contributed by atoms with E-state index in [-0.39, 0.29) is 5.82 Å². The van der Waals surface area contributed by atoms with Crippen molar-refractivity contribution in [1.29, 1.82) is 0 Å². The fraction of sp³-hybridized carbons (Fsp3) is 0.0667. The number of thiophene rings is 1. The predicted molar refractivity (Wildman–Crippen MR) is 152 cm³/mol. The Hall–Kier alpha value is -4.73. The van der Waals surface area contributed by atoms with Crippen molar-refractivity contribution in [1.82, 2.24) is 35.5 Å². The molecule has 7 aromatic rings. The van der Waals surface area contributed by atoms with E-state index in [0.717, 1.165) is 28.8 Å². The second kappa shape index (κ2) is 9.86. The number of benzene rings is 2. The summed E-state index contributed by atoms with van der Waals surface area (Å²) < 4.78 is 16.1. The summed E-state index contributed by atoms with van der Waals surface area (Å²) in [6.45, 7) is 1.36. The van der Waals surface area contributed by atoms with Gasteiger partial charge in [-0.05, 0) is 57.8 Å². The number of nitrogens with one attached hydrogen (secondary N) is 3. The average Bonchev–Trinajstić information content (AvgIpc) is 3.74. The summed E-state index contributed by atoms with van der Waals surface area (Å²) in [5, 5.41) is 15.3. The molecule has 2 aromatic carbocycles. The molecule has 0 fully saturated rings. The number of hydrogen-bond donors (Lipinski definition) is 3. The Labute approximate surface area is 226 Å². The molecular formula is C30H22FN7S. The van der Waals surface area contributed by atoms with Gasteiger partial charge in [0.25, 0.3) is 0 Å². The first-order valence-corrected chi connectivity index (χ1v) is 13.4. The molecule has 0 saturated carbocycles. The molecule has 39 heavy (non-hydrogen) atoms. The van der Waals surface area contributed by atoms with E-state index in [4.69, 9.17) is 0 Å². The van der Waals surface area contributed by atoms with Crippen LogP contribution in [0.25, 0.3) is 55.8 Å². The van der Waals surface area contributed by atoms with Gasteiger partial charge in [0.1, 0.15) is 11.5 Å². The minimum atomic E-state index is -0.376. The molecule has 0 amide bonds. The van der Waals surface area contributed by atoms with Gasteiger partial charge in [-0.15, -0.1) is 0 Å². The molecule has 0 aliphatic heterocycles. The van der Waals surface area contributed by atoms with Gasteiger partial charge in [-0.25, -0.2) is 14.4 Å². The highest BCUT2D eigenvalue weighted by Gasteiger charge is 2.20. The molecule has 0 spiro atoms.